The van der Waals surface area contributed by atoms with E-state index in [1.165, 1.54) is 0 Å². The number of rotatable bonds is 4. The van der Waals surface area contributed by atoms with Gasteiger partial charge in [0.1, 0.15) is 6.04 Å². The summed E-state index contributed by atoms with van der Waals surface area (Å²) < 4.78 is 4.81. The van der Waals surface area contributed by atoms with Gasteiger partial charge in [-0.2, -0.15) is 0 Å². The second-order valence-corrected chi connectivity index (χ2v) is 3.05. The highest BCUT2D eigenvalue weighted by molar-refractivity contribution is 5.85. The number of hydrogen-bond donors (Lipinski definition) is 1. The highest BCUT2D eigenvalue weighted by atomic mass is 35.5. The third-order valence-electron chi connectivity index (χ3n) is 1.89. The molecule has 1 aromatic rings. The summed E-state index contributed by atoms with van der Waals surface area (Å²) in [4.78, 5) is 11.2. The first-order valence-corrected chi connectivity index (χ1v) is 4.70. The van der Waals surface area contributed by atoms with Crippen molar-refractivity contribution in [3.63, 3.8) is 0 Å². The molecule has 1 rings (SSSR count). The minimum Gasteiger partial charge on any atom is -0.465 e. The van der Waals surface area contributed by atoms with E-state index in [0.717, 1.165) is 5.56 Å². The van der Waals surface area contributed by atoms with Crippen LogP contribution in [-0.4, -0.2) is 18.6 Å². The van der Waals surface area contributed by atoms with Crippen LogP contribution in [0.3, 0.4) is 0 Å². The lowest BCUT2D eigenvalue weighted by Crippen LogP contribution is -2.34. The summed E-state index contributed by atoms with van der Waals surface area (Å²) in [7, 11) is 0. The Morgan fingerprint density at radius 2 is 1.88 bits per heavy atom. The van der Waals surface area contributed by atoms with Gasteiger partial charge in [-0.15, -0.1) is 24.8 Å². The lowest BCUT2D eigenvalue weighted by molar-refractivity contribution is -0.144. The van der Waals surface area contributed by atoms with E-state index in [4.69, 9.17) is 10.5 Å². The number of halogens is 2. The van der Waals surface area contributed by atoms with Gasteiger partial charge in [-0.1, -0.05) is 30.3 Å². The molecule has 0 radical (unpaired) electrons. The van der Waals surface area contributed by atoms with Gasteiger partial charge in [0.15, 0.2) is 0 Å². The smallest absolute Gasteiger partial charge is 0.323 e. The molecule has 0 aliphatic carbocycles. The van der Waals surface area contributed by atoms with E-state index in [0.29, 0.717) is 13.0 Å². The van der Waals surface area contributed by atoms with E-state index >= 15 is 0 Å². The third-order valence-corrected chi connectivity index (χ3v) is 1.89. The van der Waals surface area contributed by atoms with E-state index in [9.17, 15) is 4.79 Å². The van der Waals surface area contributed by atoms with Crippen LogP contribution in [0.25, 0.3) is 0 Å². The van der Waals surface area contributed by atoms with Crippen LogP contribution in [0.5, 0.6) is 0 Å². The van der Waals surface area contributed by atoms with Crippen molar-refractivity contribution < 1.29 is 9.53 Å². The van der Waals surface area contributed by atoms with Gasteiger partial charge in [0.25, 0.3) is 0 Å². The number of carbonyl (C=O) groups is 1. The van der Waals surface area contributed by atoms with Gasteiger partial charge in [-0.05, 0) is 18.9 Å². The van der Waals surface area contributed by atoms with E-state index < -0.39 is 6.04 Å². The summed E-state index contributed by atoms with van der Waals surface area (Å²) in [5.74, 6) is -0.337. The average molecular weight is 266 g/mol. The van der Waals surface area contributed by atoms with Gasteiger partial charge < -0.3 is 10.5 Å². The summed E-state index contributed by atoms with van der Waals surface area (Å²) in [6.07, 6.45) is 0.527. The predicted octanol–water partition coefficient (Wildman–Crippen LogP) is 1.96. The highest BCUT2D eigenvalue weighted by Crippen LogP contribution is 2.02. The van der Waals surface area contributed by atoms with Crippen LogP contribution in [0.1, 0.15) is 12.5 Å². The van der Waals surface area contributed by atoms with Gasteiger partial charge in [-0.25, -0.2) is 0 Å². The van der Waals surface area contributed by atoms with Gasteiger partial charge in [0.2, 0.25) is 0 Å². The second-order valence-electron chi connectivity index (χ2n) is 3.05. The molecule has 0 aromatic heterocycles. The molecule has 1 atom stereocenters. The molecular formula is C11H17Cl2NO2. The Kier molecular flexibility index (Phi) is 10.4. The summed E-state index contributed by atoms with van der Waals surface area (Å²) in [6, 6.07) is 9.11. The van der Waals surface area contributed by atoms with Crippen molar-refractivity contribution in [2.24, 2.45) is 5.73 Å². The molecule has 1 aromatic carbocycles. The first-order valence-electron chi connectivity index (χ1n) is 4.70. The maximum atomic E-state index is 11.2. The zero-order valence-electron chi connectivity index (χ0n) is 9.09. The molecule has 0 aliphatic rings. The van der Waals surface area contributed by atoms with Crippen molar-refractivity contribution in [3.8, 4) is 0 Å². The Bertz CT molecular complexity index is 293. The van der Waals surface area contributed by atoms with Crippen LogP contribution in [0.15, 0.2) is 30.3 Å². The fraction of sp³-hybridized carbons (Fsp3) is 0.364. The molecule has 0 saturated carbocycles. The maximum Gasteiger partial charge on any atom is 0.323 e. The molecule has 0 heterocycles. The lowest BCUT2D eigenvalue weighted by atomic mass is 10.1. The van der Waals surface area contributed by atoms with Crippen molar-refractivity contribution in [1.82, 2.24) is 0 Å². The topological polar surface area (TPSA) is 52.3 Å². The first kappa shape index (κ1) is 17.6. The van der Waals surface area contributed by atoms with Crippen molar-refractivity contribution in [3.05, 3.63) is 35.9 Å². The Balaban J connectivity index is 0. The van der Waals surface area contributed by atoms with Crippen molar-refractivity contribution in [2.45, 2.75) is 19.4 Å². The van der Waals surface area contributed by atoms with Crippen LogP contribution in [-0.2, 0) is 16.0 Å². The molecule has 16 heavy (non-hydrogen) atoms. The summed E-state index contributed by atoms with van der Waals surface area (Å²) in [6.45, 7) is 2.15. The molecule has 0 fully saturated rings. The van der Waals surface area contributed by atoms with Gasteiger partial charge in [0.05, 0.1) is 6.61 Å². The fourth-order valence-corrected chi connectivity index (χ4v) is 1.20. The molecule has 3 nitrogen and oxygen atoms in total. The highest BCUT2D eigenvalue weighted by Gasteiger charge is 2.14. The zero-order valence-corrected chi connectivity index (χ0v) is 10.7. The fourth-order valence-electron chi connectivity index (χ4n) is 1.20. The molecule has 2 N–H and O–H groups in total. The number of carbonyl (C=O) groups excluding carboxylic acids is 1. The summed E-state index contributed by atoms with van der Waals surface area (Å²) in [5, 5.41) is 0. The zero-order chi connectivity index (χ0) is 10.4. The average Bonchev–Trinajstić information content (AvgIpc) is 2.19. The number of hydrogen-bond acceptors (Lipinski definition) is 3. The molecular weight excluding hydrogens is 249 g/mol. The quantitative estimate of drug-likeness (QED) is 0.847. The normalized spacial score (nSPS) is 10.6. The van der Waals surface area contributed by atoms with Crippen LogP contribution in [0.2, 0.25) is 0 Å². The van der Waals surface area contributed by atoms with E-state index in [1.54, 1.807) is 6.92 Å². The predicted molar refractivity (Wildman–Crippen MR) is 69.3 cm³/mol. The number of ether oxygens (including phenoxy) is 1. The molecule has 92 valence electrons. The van der Waals surface area contributed by atoms with Gasteiger partial charge in [0, 0.05) is 0 Å². The Hall–Kier alpha value is -0.770. The standard InChI is InChI=1S/C11H15NO2.2ClH/c1-2-14-11(13)10(12)8-9-6-4-3-5-7-9;;/h3-7,10H,2,8,12H2,1H3;2*1H. The number of nitrogens with two attached hydrogens (primary N) is 1. The Morgan fingerprint density at radius 3 is 2.38 bits per heavy atom. The number of benzene rings is 1. The van der Waals surface area contributed by atoms with Crippen LogP contribution < -0.4 is 5.73 Å². The lowest BCUT2D eigenvalue weighted by Gasteiger charge is -2.09. The Morgan fingerprint density at radius 1 is 1.31 bits per heavy atom. The largest absolute Gasteiger partial charge is 0.465 e. The van der Waals surface area contributed by atoms with Crippen molar-refractivity contribution in [1.29, 1.82) is 0 Å². The van der Waals surface area contributed by atoms with Gasteiger partial charge in [-0.3, -0.25) is 4.79 Å². The SMILES string of the molecule is CCOC(=O)C(N)Cc1ccccc1.Cl.Cl. The summed E-state index contributed by atoms with van der Waals surface area (Å²) in [5.41, 5.74) is 6.71. The molecule has 5 heteroatoms. The second kappa shape index (κ2) is 9.46. The van der Waals surface area contributed by atoms with E-state index in [-0.39, 0.29) is 30.8 Å². The molecule has 0 bridgehead atoms. The van der Waals surface area contributed by atoms with Crippen LogP contribution in [0.4, 0.5) is 0 Å². The third kappa shape index (κ3) is 5.95. The van der Waals surface area contributed by atoms with E-state index in [2.05, 4.69) is 0 Å². The molecule has 0 saturated heterocycles. The van der Waals surface area contributed by atoms with Crippen LogP contribution in [0, 0.1) is 0 Å². The molecule has 0 amide bonds. The summed E-state index contributed by atoms with van der Waals surface area (Å²) >= 11 is 0. The van der Waals surface area contributed by atoms with Crippen molar-refractivity contribution in [2.75, 3.05) is 6.61 Å². The Labute approximate surface area is 108 Å². The minimum atomic E-state index is -0.558. The van der Waals surface area contributed by atoms with E-state index in [1.807, 2.05) is 30.3 Å². The number of esters is 1. The minimum absolute atomic E-state index is 0. The molecule has 1 unspecified atom stereocenters. The van der Waals surface area contributed by atoms with Gasteiger partial charge >= 0.3 is 5.97 Å². The van der Waals surface area contributed by atoms with Crippen LogP contribution >= 0.6 is 24.8 Å². The first-order chi connectivity index (χ1) is 6.74. The van der Waals surface area contributed by atoms with Crippen molar-refractivity contribution >= 4 is 30.8 Å². The molecule has 0 spiro atoms. The monoisotopic (exact) mass is 265 g/mol. The maximum absolute atomic E-state index is 11.2. The molecule has 0 aliphatic heterocycles.